The van der Waals surface area contributed by atoms with Crippen molar-refractivity contribution in [3.05, 3.63) is 88.1 Å². The van der Waals surface area contributed by atoms with Gasteiger partial charge in [-0.3, -0.25) is 13.9 Å². The van der Waals surface area contributed by atoms with Gasteiger partial charge >= 0.3 is 0 Å². The van der Waals surface area contributed by atoms with Crippen molar-refractivity contribution in [2.24, 2.45) is 5.92 Å². The molecule has 0 aliphatic rings. The Hall–Kier alpha value is -3.44. The van der Waals surface area contributed by atoms with Crippen molar-refractivity contribution < 1.29 is 27.1 Å². The van der Waals surface area contributed by atoms with Crippen LogP contribution in [0.1, 0.15) is 31.9 Å². The highest BCUT2D eigenvalue weighted by Crippen LogP contribution is 2.31. The lowest BCUT2D eigenvalue weighted by atomic mass is 10.1. The van der Waals surface area contributed by atoms with Gasteiger partial charge in [0.2, 0.25) is 11.8 Å². The third kappa shape index (κ3) is 8.07. The minimum Gasteiger partial charge on any atom is -0.496 e. The van der Waals surface area contributed by atoms with Crippen molar-refractivity contribution in [2.45, 2.75) is 45.2 Å². The molecular formula is C30H35BrFN3O5S. The van der Waals surface area contributed by atoms with Gasteiger partial charge in [0.1, 0.15) is 24.2 Å². The number of nitrogens with zero attached hydrogens (tertiary/aromatic N) is 2. The Kier molecular flexibility index (Phi) is 10.9. The number of halogens is 2. The van der Waals surface area contributed by atoms with Crippen molar-refractivity contribution in [1.29, 1.82) is 0 Å². The number of aryl methyl sites for hydroxylation is 1. The van der Waals surface area contributed by atoms with Gasteiger partial charge in [-0.05, 0) is 72.1 Å². The second-order valence-corrected chi connectivity index (χ2v) is 12.8. The summed E-state index contributed by atoms with van der Waals surface area (Å²) >= 11 is 3.33. The van der Waals surface area contributed by atoms with Crippen LogP contribution < -0.4 is 14.4 Å². The van der Waals surface area contributed by atoms with Crippen molar-refractivity contribution in [3.63, 3.8) is 0 Å². The molecule has 0 bridgehead atoms. The Labute approximate surface area is 249 Å². The van der Waals surface area contributed by atoms with Gasteiger partial charge in [0.05, 0.1) is 22.2 Å². The summed E-state index contributed by atoms with van der Waals surface area (Å²) in [6.45, 7) is 6.83. The molecule has 8 nitrogen and oxygen atoms in total. The highest BCUT2D eigenvalue weighted by Gasteiger charge is 2.33. The number of carbonyl (C=O) groups excluding carboxylic acids is 2. The van der Waals surface area contributed by atoms with E-state index in [1.807, 2.05) is 20.8 Å². The maximum atomic E-state index is 14.6. The van der Waals surface area contributed by atoms with Crippen LogP contribution in [0.2, 0.25) is 0 Å². The van der Waals surface area contributed by atoms with E-state index in [1.165, 1.54) is 48.4 Å². The molecule has 0 fully saturated rings. The Bertz CT molecular complexity index is 1480. The maximum Gasteiger partial charge on any atom is 0.264 e. The zero-order valence-electron chi connectivity index (χ0n) is 23.7. The van der Waals surface area contributed by atoms with Gasteiger partial charge < -0.3 is 15.0 Å². The Morgan fingerprint density at radius 2 is 1.68 bits per heavy atom. The lowest BCUT2D eigenvalue weighted by Gasteiger charge is -2.32. The molecular weight excluding hydrogens is 613 g/mol. The Balaban J connectivity index is 2.04. The van der Waals surface area contributed by atoms with E-state index >= 15 is 0 Å². The summed E-state index contributed by atoms with van der Waals surface area (Å²) in [7, 11) is -2.80. The summed E-state index contributed by atoms with van der Waals surface area (Å²) in [5, 5.41) is 2.81. The zero-order valence-corrected chi connectivity index (χ0v) is 26.1. The molecule has 2 amide bonds. The first-order valence-corrected chi connectivity index (χ1v) is 15.3. The molecule has 0 unspecified atom stereocenters. The van der Waals surface area contributed by atoms with Crippen LogP contribution in [0.15, 0.2) is 76.1 Å². The fourth-order valence-corrected chi connectivity index (χ4v) is 6.15. The second-order valence-electron chi connectivity index (χ2n) is 10.1. The average molecular weight is 649 g/mol. The van der Waals surface area contributed by atoms with E-state index in [0.29, 0.717) is 16.8 Å². The monoisotopic (exact) mass is 647 g/mol. The number of hydrogen-bond donors (Lipinski definition) is 1. The van der Waals surface area contributed by atoms with Gasteiger partial charge in [-0.25, -0.2) is 12.8 Å². The number of methoxy groups -OCH3 is 1. The third-order valence-electron chi connectivity index (χ3n) is 6.46. The zero-order chi connectivity index (χ0) is 30.3. The van der Waals surface area contributed by atoms with Gasteiger partial charge in [-0.15, -0.1) is 0 Å². The van der Waals surface area contributed by atoms with Crippen molar-refractivity contribution >= 4 is 43.5 Å². The molecule has 1 atom stereocenters. The Morgan fingerprint density at radius 3 is 2.27 bits per heavy atom. The summed E-state index contributed by atoms with van der Waals surface area (Å²) in [5.74, 6) is -1.01. The first kappa shape index (κ1) is 32.1. The number of nitrogens with one attached hydrogen (secondary N) is 1. The van der Waals surface area contributed by atoms with E-state index in [-0.39, 0.29) is 28.6 Å². The predicted octanol–water partition coefficient (Wildman–Crippen LogP) is 5.29. The van der Waals surface area contributed by atoms with E-state index in [0.717, 1.165) is 9.87 Å². The third-order valence-corrected chi connectivity index (χ3v) is 8.85. The van der Waals surface area contributed by atoms with Crippen LogP contribution in [0.4, 0.5) is 10.1 Å². The minimum atomic E-state index is -4.27. The van der Waals surface area contributed by atoms with E-state index in [4.69, 9.17) is 4.74 Å². The SMILES string of the molecule is COc1ccc(S(=O)(=O)N(CC(=O)N(Cc2ccccc2F)[C@H](C)C(=O)NCC(C)C)c2ccc(C)cc2)cc1Br. The van der Waals surface area contributed by atoms with Crippen LogP contribution in [0.25, 0.3) is 0 Å². The summed E-state index contributed by atoms with van der Waals surface area (Å²) in [6, 6.07) is 16.0. The predicted molar refractivity (Wildman–Crippen MR) is 161 cm³/mol. The van der Waals surface area contributed by atoms with Crippen LogP contribution >= 0.6 is 15.9 Å². The molecule has 3 rings (SSSR count). The molecule has 0 spiro atoms. The standard InChI is InChI=1S/C30H35BrFN3O5S/c1-20(2)17-33-30(37)22(4)34(18-23-8-6-7-9-27(23)32)29(36)19-35(24-12-10-21(3)11-13-24)41(38,39)25-14-15-28(40-5)26(31)16-25/h6-16,20,22H,17-19H2,1-5H3,(H,33,37)/t22-/m1/s1. The molecule has 11 heteroatoms. The normalized spacial score (nSPS) is 12.1. The molecule has 3 aromatic carbocycles. The molecule has 0 aromatic heterocycles. The lowest BCUT2D eigenvalue weighted by Crippen LogP contribution is -2.51. The second kappa shape index (κ2) is 14.0. The molecule has 220 valence electrons. The fraction of sp³-hybridized carbons (Fsp3) is 0.333. The molecule has 0 aliphatic carbocycles. The fourth-order valence-electron chi connectivity index (χ4n) is 4.02. The molecule has 1 N–H and O–H groups in total. The van der Waals surface area contributed by atoms with Crippen LogP contribution in [-0.4, -0.2) is 51.4 Å². The van der Waals surface area contributed by atoms with E-state index < -0.39 is 40.2 Å². The first-order valence-electron chi connectivity index (χ1n) is 13.1. The smallest absolute Gasteiger partial charge is 0.264 e. The molecule has 0 radical (unpaired) electrons. The largest absolute Gasteiger partial charge is 0.496 e. The molecule has 3 aromatic rings. The highest BCUT2D eigenvalue weighted by molar-refractivity contribution is 9.10. The van der Waals surface area contributed by atoms with Crippen molar-refractivity contribution in [3.8, 4) is 5.75 Å². The topological polar surface area (TPSA) is 96.0 Å². The van der Waals surface area contributed by atoms with Gasteiger partial charge in [0.25, 0.3) is 10.0 Å². The first-order chi connectivity index (χ1) is 19.3. The number of hydrogen-bond acceptors (Lipinski definition) is 5. The molecule has 0 saturated carbocycles. The quantitative estimate of drug-likeness (QED) is 0.288. The molecule has 0 saturated heterocycles. The van der Waals surface area contributed by atoms with Gasteiger partial charge in [-0.1, -0.05) is 49.7 Å². The van der Waals surface area contributed by atoms with Crippen molar-refractivity contribution in [2.75, 3.05) is 24.5 Å². The number of carbonyl (C=O) groups is 2. The summed E-state index contributed by atoms with van der Waals surface area (Å²) in [4.78, 5) is 28.1. The van der Waals surface area contributed by atoms with E-state index in [2.05, 4.69) is 21.2 Å². The summed E-state index contributed by atoms with van der Waals surface area (Å²) in [5.41, 5.74) is 1.37. The van der Waals surface area contributed by atoms with Gasteiger partial charge in [-0.2, -0.15) is 0 Å². The lowest BCUT2D eigenvalue weighted by molar-refractivity contribution is -0.139. The van der Waals surface area contributed by atoms with Crippen LogP contribution in [0, 0.1) is 18.7 Å². The number of anilines is 1. The summed E-state index contributed by atoms with van der Waals surface area (Å²) < 4.78 is 49.3. The van der Waals surface area contributed by atoms with Crippen LogP contribution in [0.5, 0.6) is 5.75 Å². The number of benzene rings is 3. The maximum absolute atomic E-state index is 14.6. The number of amides is 2. The van der Waals surface area contributed by atoms with Crippen LogP contribution in [-0.2, 0) is 26.2 Å². The molecule has 0 heterocycles. The van der Waals surface area contributed by atoms with E-state index in [9.17, 15) is 22.4 Å². The molecule has 0 aliphatic heterocycles. The van der Waals surface area contributed by atoms with Crippen LogP contribution in [0.3, 0.4) is 0 Å². The minimum absolute atomic E-state index is 0.0677. The van der Waals surface area contributed by atoms with Crippen molar-refractivity contribution in [1.82, 2.24) is 10.2 Å². The average Bonchev–Trinajstić information content (AvgIpc) is 2.94. The number of sulfonamides is 1. The molecule has 41 heavy (non-hydrogen) atoms. The van der Waals surface area contributed by atoms with Gasteiger partial charge in [0, 0.05) is 18.7 Å². The summed E-state index contributed by atoms with van der Waals surface area (Å²) in [6.07, 6.45) is 0. The Morgan fingerprint density at radius 1 is 1.02 bits per heavy atom. The highest BCUT2D eigenvalue weighted by atomic mass is 79.9. The van der Waals surface area contributed by atoms with Gasteiger partial charge in [0.15, 0.2) is 0 Å². The number of rotatable bonds is 12. The number of ether oxygens (including phenoxy) is 1. The van der Waals surface area contributed by atoms with E-state index in [1.54, 1.807) is 37.3 Å².